The Morgan fingerprint density at radius 1 is 1.15 bits per heavy atom. The SMILES string of the molecule is N=Cc1cc(/C=C2\SC(N3CCNC(CO)C3)=NC2=O)ccc1NCc1ccc(C(F)(F)F)cc1C(F)(F)F. The zero-order valence-electron chi connectivity index (χ0n) is 20.2. The zero-order chi connectivity index (χ0) is 28.4. The minimum absolute atomic E-state index is 0.0474. The van der Waals surface area contributed by atoms with E-state index in [4.69, 9.17) is 5.41 Å². The first kappa shape index (κ1) is 28.6. The predicted molar refractivity (Wildman–Crippen MR) is 137 cm³/mol. The fraction of sp³-hybridized carbons (Fsp3) is 0.320. The number of nitrogens with zero attached hydrogens (tertiary/aromatic N) is 2. The highest BCUT2D eigenvalue weighted by molar-refractivity contribution is 8.18. The molecule has 1 unspecified atom stereocenters. The Morgan fingerprint density at radius 2 is 1.92 bits per heavy atom. The van der Waals surface area contributed by atoms with Gasteiger partial charge < -0.3 is 26.0 Å². The van der Waals surface area contributed by atoms with Crippen LogP contribution in [0.1, 0.15) is 27.8 Å². The summed E-state index contributed by atoms with van der Waals surface area (Å²) in [6, 6.07) is 5.99. The summed E-state index contributed by atoms with van der Waals surface area (Å²) in [5, 5.41) is 23.5. The molecule has 1 atom stereocenters. The van der Waals surface area contributed by atoms with Crippen LogP contribution in [0, 0.1) is 5.41 Å². The van der Waals surface area contributed by atoms with Gasteiger partial charge in [-0.3, -0.25) is 4.79 Å². The summed E-state index contributed by atoms with van der Waals surface area (Å²) in [5.74, 6) is -0.435. The summed E-state index contributed by atoms with van der Waals surface area (Å²) in [4.78, 5) is 18.8. The van der Waals surface area contributed by atoms with Crippen molar-refractivity contribution in [1.82, 2.24) is 10.2 Å². The van der Waals surface area contributed by atoms with Crippen LogP contribution in [-0.2, 0) is 23.7 Å². The van der Waals surface area contributed by atoms with Crippen molar-refractivity contribution in [2.24, 2.45) is 4.99 Å². The molecule has 1 fully saturated rings. The zero-order valence-corrected chi connectivity index (χ0v) is 21.0. The highest BCUT2D eigenvalue weighted by atomic mass is 32.2. The van der Waals surface area contributed by atoms with Gasteiger partial charge in [0.25, 0.3) is 5.91 Å². The minimum Gasteiger partial charge on any atom is -0.395 e. The van der Waals surface area contributed by atoms with E-state index in [1.54, 1.807) is 18.2 Å². The number of hydrogen-bond acceptors (Lipinski definition) is 7. The number of aliphatic hydroxyl groups excluding tert-OH is 1. The standard InChI is InChI=1S/C25H23F6N5O2S/c26-24(27,28)17-3-2-15(19(9-17)25(29,30)31)11-34-20-4-1-14(7-16(20)10-32)8-21-22(38)35-23(39-21)36-6-5-33-18(12-36)13-37/h1-4,7-10,18,32-34,37H,5-6,11-13H2/b21-8-,32-10?. The quantitative estimate of drug-likeness (QED) is 0.230. The molecule has 2 aliphatic rings. The molecule has 4 N–H and O–H groups in total. The van der Waals surface area contributed by atoms with E-state index in [-0.39, 0.29) is 24.3 Å². The number of aliphatic imine (C=N–C) groups is 1. The monoisotopic (exact) mass is 571 g/mol. The molecule has 0 aromatic heterocycles. The van der Waals surface area contributed by atoms with Crippen LogP contribution in [-0.4, -0.2) is 59.6 Å². The van der Waals surface area contributed by atoms with Crippen molar-refractivity contribution >= 4 is 40.8 Å². The van der Waals surface area contributed by atoms with Crippen molar-refractivity contribution in [2.45, 2.75) is 24.9 Å². The molecule has 4 rings (SSSR count). The van der Waals surface area contributed by atoms with Gasteiger partial charge in [0.1, 0.15) is 0 Å². The molecule has 0 aliphatic carbocycles. The van der Waals surface area contributed by atoms with Gasteiger partial charge in [-0.25, -0.2) is 0 Å². The first-order valence-corrected chi connectivity index (χ1v) is 12.5. The summed E-state index contributed by atoms with van der Waals surface area (Å²) in [6.45, 7) is 1.27. The number of carbonyl (C=O) groups is 1. The van der Waals surface area contributed by atoms with Crippen LogP contribution in [0.5, 0.6) is 0 Å². The lowest BCUT2D eigenvalue weighted by Crippen LogP contribution is -2.53. The van der Waals surface area contributed by atoms with Gasteiger partial charge in [0.2, 0.25) is 0 Å². The van der Waals surface area contributed by atoms with Crippen molar-refractivity contribution in [3.05, 3.63) is 69.1 Å². The van der Waals surface area contributed by atoms with Crippen molar-refractivity contribution < 1.29 is 36.2 Å². The number of anilines is 1. The Kier molecular flexibility index (Phi) is 8.37. The molecule has 2 aliphatic heterocycles. The van der Waals surface area contributed by atoms with Crippen molar-refractivity contribution in [3.8, 4) is 0 Å². The number of aliphatic hydroxyl groups is 1. The summed E-state index contributed by atoms with van der Waals surface area (Å²) < 4.78 is 79.2. The number of thioether (sulfide) groups is 1. The van der Waals surface area contributed by atoms with Crippen molar-refractivity contribution in [3.63, 3.8) is 0 Å². The molecule has 0 radical (unpaired) electrons. The molecule has 1 amide bonds. The first-order chi connectivity index (χ1) is 18.4. The van der Waals surface area contributed by atoms with Crippen LogP contribution >= 0.6 is 11.8 Å². The van der Waals surface area contributed by atoms with Crippen molar-refractivity contribution in [2.75, 3.05) is 31.6 Å². The van der Waals surface area contributed by atoms with Crippen molar-refractivity contribution in [1.29, 1.82) is 5.41 Å². The Labute approximate surface area is 223 Å². The maximum Gasteiger partial charge on any atom is 0.416 e. The summed E-state index contributed by atoms with van der Waals surface area (Å²) in [5.41, 5.74) is -2.04. The average molecular weight is 572 g/mol. The number of alkyl halides is 6. The normalized spacial score (nSPS) is 19.4. The second-order valence-corrected chi connectivity index (χ2v) is 9.81. The van der Waals surface area contributed by atoms with Gasteiger partial charge >= 0.3 is 12.4 Å². The lowest BCUT2D eigenvalue weighted by molar-refractivity contribution is -0.143. The topological polar surface area (TPSA) is 101 Å². The molecule has 0 bridgehead atoms. The van der Waals surface area contributed by atoms with Gasteiger partial charge in [-0.05, 0) is 53.2 Å². The van der Waals surface area contributed by atoms with E-state index in [0.717, 1.165) is 12.3 Å². The van der Waals surface area contributed by atoms with Crippen LogP contribution in [0.25, 0.3) is 6.08 Å². The fourth-order valence-corrected chi connectivity index (χ4v) is 5.07. The molecule has 14 heteroatoms. The number of carbonyl (C=O) groups excluding carboxylic acids is 1. The number of piperazine rings is 1. The van der Waals surface area contributed by atoms with E-state index in [1.165, 1.54) is 17.8 Å². The number of amidine groups is 1. The third-order valence-electron chi connectivity index (χ3n) is 6.10. The van der Waals surface area contributed by atoms with Gasteiger partial charge in [-0.15, -0.1) is 0 Å². The number of amides is 1. The smallest absolute Gasteiger partial charge is 0.395 e. The Bertz CT molecular complexity index is 1330. The fourth-order valence-electron chi connectivity index (χ4n) is 4.12. The third kappa shape index (κ3) is 6.81. The van der Waals surface area contributed by atoms with Crippen LogP contribution in [0.4, 0.5) is 32.0 Å². The van der Waals surface area contributed by atoms with E-state index in [9.17, 15) is 36.2 Å². The first-order valence-electron chi connectivity index (χ1n) is 11.7. The van der Waals surface area contributed by atoms with Gasteiger partial charge in [-0.2, -0.15) is 31.3 Å². The number of nitrogens with one attached hydrogen (secondary N) is 3. The van der Waals surface area contributed by atoms with Crippen LogP contribution in [0.15, 0.2) is 46.3 Å². The number of hydrogen-bond donors (Lipinski definition) is 4. The third-order valence-corrected chi connectivity index (χ3v) is 7.14. The molecule has 2 heterocycles. The molecular weight excluding hydrogens is 548 g/mol. The highest BCUT2D eigenvalue weighted by Gasteiger charge is 2.38. The molecule has 208 valence electrons. The molecule has 0 saturated carbocycles. The molecule has 2 aromatic carbocycles. The Morgan fingerprint density at radius 3 is 2.59 bits per heavy atom. The summed E-state index contributed by atoms with van der Waals surface area (Å²) in [6.07, 6.45) is -7.34. The van der Waals surface area contributed by atoms with E-state index < -0.39 is 35.9 Å². The largest absolute Gasteiger partial charge is 0.416 e. The second-order valence-electron chi connectivity index (χ2n) is 8.80. The maximum atomic E-state index is 13.5. The molecule has 1 saturated heterocycles. The van der Waals surface area contributed by atoms with Gasteiger partial charge in [-0.1, -0.05) is 12.1 Å². The van der Waals surface area contributed by atoms with Gasteiger partial charge in [0.15, 0.2) is 5.17 Å². The molecule has 2 aromatic rings. The molecule has 7 nitrogen and oxygen atoms in total. The second kappa shape index (κ2) is 11.4. The maximum absolute atomic E-state index is 13.5. The molecular formula is C25H23F6N5O2S. The number of benzene rings is 2. The minimum atomic E-state index is -4.99. The van der Waals surface area contributed by atoms with E-state index in [0.29, 0.717) is 52.6 Å². The van der Waals surface area contributed by atoms with E-state index >= 15 is 0 Å². The summed E-state index contributed by atoms with van der Waals surface area (Å²) in [7, 11) is 0. The van der Waals surface area contributed by atoms with Gasteiger partial charge in [0.05, 0.1) is 22.6 Å². The molecule has 39 heavy (non-hydrogen) atoms. The Hall–Kier alpha value is -3.36. The highest BCUT2D eigenvalue weighted by Crippen LogP contribution is 2.38. The molecule has 0 spiro atoms. The summed E-state index contributed by atoms with van der Waals surface area (Å²) >= 11 is 1.18. The lowest BCUT2D eigenvalue weighted by Gasteiger charge is -2.33. The van der Waals surface area contributed by atoms with Crippen LogP contribution < -0.4 is 10.6 Å². The van der Waals surface area contributed by atoms with Crippen LogP contribution in [0.2, 0.25) is 0 Å². The number of rotatable bonds is 6. The Balaban J connectivity index is 1.49. The van der Waals surface area contributed by atoms with Crippen LogP contribution in [0.3, 0.4) is 0 Å². The predicted octanol–water partition coefficient (Wildman–Crippen LogP) is 4.57. The van der Waals surface area contributed by atoms with E-state index in [2.05, 4.69) is 15.6 Å². The lowest BCUT2D eigenvalue weighted by atomic mass is 10.0. The van der Waals surface area contributed by atoms with Gasteiger partial charge in [0, 0.05) is 49.7 Å². The van der Waals surface area contributed by atoms with E-state index in [1.807, 2.05) is 4.90 Å². The number of halogens is 6. The average Bonchev–Trinajstić information content (AvgIpc) is 3.26.